The van der Waals surface area contributed by atoms with Crippen LogP contribution in [0, 0.1) is 0 Å². The third-order valence-electron chi connectivity index (χ3n) is 3.65. The lowest BCUT2D eigenvalue weighted by molar-refractivity contribution is -0.119. The summed E-state index contributed by atoms with van der Waals surface area (Å²) in [6.07, 6.45) is 0. The lowest BCUT2D eigenvalue weighted by atomic mass is 10.2. The van der Waals surface area contributed by atoms with Crippen LogP contribution in [0.15, 0.2) is 36.4 Å². The molecular formula is C19H21NO7. The highest BCUT2D eigenvalue weighted by molar-refractivity contribution is 5.99. The number of benzene rings is 2. The van der Waals surface area contributed by atoms with Gasteiger partial charge in [0.25, 0.3) is 5.91 Å². The predicted molar refractivity (Wildman–Crippen MR) is 98.0 cm³/mol. The summed E-state index contributed by atoms with van der Waals surface area (Å²) in [7, 11) is 5.85. The molecule has 0 bridgehead atoms. The van der Waals surface area contributed by atoms with Gasteiger partial charge in [-0.05, 0) is 24.3 Å². The molecule has 0 atom stereocenters. The maximum atomic E-state index is 12.4. The summed E-state index contributed by atoms with van der Waals surface area (Å²) < 4.78 is 25.7. The Labute approximate surface area is 156 Å². The molecule has 2 aromatic rings. The second kappa shape index (κ2) is 9.33. The first-order chi connectivity index (χ1) is 13.0. The van der Waals surface area contributed by atoms with Crippen LogP contribution >= 0.6 is 0 Å². The minimum Gasteiger partial charge on any atom is -0.497 e. The van der Waals surface area contributed by atoms with Crippen molar-refractivity contribution in [1.29, 1.82) is 0 Å². The zero-order valence-corrected chi connectivity index (χ0v) is 15.5. The van der Waals surface area contributed by atoms with Crippen LogP contribution in [0.5, 0.6) is 23.0 Å². The molecule has 0 aliphatic heterocycles. The standard InChI is InChI=1S/C19H21NO7/c1-23-12-8-9-13(16(10-12)26-4)20-17(21)11-27-19(22)18-14(24-2)6-5-7-15(18)25-3/h5-10H,11H2,1-4H3,(H,20,21). The summed E-state index contributed by atoms with van der Waals surface area (Å²) in [5, 5.41) is 2.62. The molecule has 0 saturated carbocycles. The van der Waals surface area contributed by atoms with E-state index in [4.69, 9.17) is 23.7 Å². The van der Waals surface area contributed by atoms with E-state index in [0.29, 0.717) is 17.2 Å². The molecule has 0 radical (unpaired) electrons. The molecule has 0 aromatic heterocycles. The predicted octanol–water partition coefficient (Wildman–Crippen LogP) is 2.52. The van der Waals surface area contributed by atoms with E-state index in [1.165, 1.54) is 28.4 Å². The van der Waals surface area contributed by atoms with Crippen LogP contribution in [0.25, 0.3) is 0 Å². The molecule has 1 amide bonds. The van der Waals surface area contributed by atoms with Gasteiger partial charge in [0.15, 0.2) is 6.61 Å². The van der Waals surface area contributed by atoms with E-state index in [-0.39, 0.29) is 17.1 Å². The van der Waals surface area contributed by atoms with E-state index in [2.05, 4.69) is 5.32 Å². The number of hydrogen-bond acceptors (Lipinski definition) is 7. The van der Waals surface area contributed by atoms with Crippen molar-refractivity contribution in [3.63, 3.8) is 0 Å². The van der Waals surface area contributed by atoms with Crippen molar-refractivity contribution >= 4 is 17.6 Å². The molecule has 8 heteroatoms. The number of esters is 1. The largest absolute Gasteiger partial charge is 0.497 e. The quantitative estimate of drug-likeness (QED) is 0.709. The maximum absolute atomic E-state index is 12.4. The number of hydrogen-bond donors (Lipinski definition) is 1. The molecule has 8 nitrogen and oxygen atoms in total. The van der Waals surface area contributed by atoms with E-state index in [1.807, 2.05) is 0 Å². The number of carbonyl (C=O) groups is 2. The second-order valence-electron chi connectivity index (χ2n) is 5.23. The molecule has 27 heavy (non-hydrogen) atoms. The smallest absolute Gasteiger partial charge is 0.346 e. The number of methoxy groups -OCH3 is 4. The molecule has 0 aliphatic carbocycles. The molecule has 2 aromatic carbocycles. The van der Waals surface area contributed by atoms with Gasteiger partial charge in [0.05, 0.1) is 34.1 Å². The zero-order valence-electron chi connectivity index (χ0n) is 15.5. The van der Waals surface area contributed by atoms with Crippen LogP contribution in [0.4, 0.5) is 5.69 Å². The van der Waals surface area contributed by atoms with Gasteiger partial charge in [-0.3, -0.25) is 4.79 Å². The number of rotatable bonds is 8. The van der Waals surface area contributed by atoms with Gasteiger partial charge in [-0.25, -0.2) is 4.79 Å². The first-order valence-corrected chi connectivity index (χ1v) is 7.94. The first-order valence-electron chi connectivity index (χ1n) is 7.94. The van der Waals surface area contributed by atoms with E-state index in [0.717, 1.165) is 0 Å². The molecule has 1 N–H and O–H groups in total. The molecule has 0 spiro atoms. The molecular weight excluding hydrogens is 354 g/mol. The van der Waals surface area contributed by atoms with Gasteiger partial charge >= 0.3 is 5.97 Å². The van der Waals surface area contributed by atoms with Crippen molar-refractivity contribution in [3.05, 3.63) is 42.0 Å². The Morgan fingerprint density at radius 2 is 1.48 bits per heavy atom. The van der Waals surface area contributed by atoms with Crippen LogP contribution in [-0.4, -0.2) is 46.9 Å². The fraction of sp³-hybridized carbons (Fsp3) is 0.263. The van der Waals surface area contributed by atoms with Crippen molar-refractivity contribution in [2.45, 2.75) is 0 Å². The van der Waals surface area contributed by atoms with E-state index in [9.17, 15) is 9.59 Å². The van der Waals surface area contributed by atoms with Gasteiger partial charge in [-0.2, -0.15) is 0 Å². The summed E-state index contributed by atoms with van der Waals surface area (Å²) in [5.74, 6) is 0.315. The highest BCUT2D eigenvalue weighted by Crippen LogP contribution is 2.30. The second-order valence-corrected chi connectivity index (χ2v) is 5.23. The monoisotopic (exact) mass is 375 g/mol. The van der Waals surface area contributed by atoms with Gasteiger partial charge in [-0.15, -0.1) is 0 Å². The Hall–Kier alpha value is -3.42. The molecule has 0 unspecified atom stereocenters. The SMILES string of the molecule is COc1ccc(NC(=O)COC(=O)c2c(OC)cccc2OC)c(OC)c1. The fourth-order valence-electron chi connectivity index (χ4n) is 2.34. The number of ether oxygens (including phenoxy) is 5. The van der Waals surface area contributed by atoms with Gasteiger partial charge in [-0.1, -0.05) is 6.07 Å². The van der Waals surface area contributed by atoms with Gasteiger partial charge in [0, 0.05) is 6.07 Å². The lowest BCUT2D eigenvalue weighted by Crippen LogP contribution is -2.21. The van der Waals surface area contributed by atoms with Gasteiger partial charge in [0.1, 0.15) is 28.6 Å². The van der Waals surface area contributed by atoms with Gasteiger partial charge in [0.2, 0.25) is 0 Å². The lowest BCUT2D eigenvalue weighted by Gasteiger charge is -2.13. The minimum atomic E-state index is -0.735. The average molecular weight is 375 g/mol. The Balaban J connectivity index is 2.05. The molecule has 2 rings (SSSR count). The topological polar surface area (TPSA) is 92.3 Å². The number of amides is 1. The van der Waals surface area contributed by atoms with E-state index in [1.54, 1.807) is 36.4 Å². The summed E-state index contributed by atoms with van der Waals surface area (Å²) in [6.45, 7) is -0.491. The third kappa shape index (κ3) is 4.81. The van der Waals surface area contributed by atoms with Crippen molar-refractivity contribution in [2.24, 2.45) is 0 Å². The zero-order chi connectivity index (χ0) is 19.8. The number of anilines is 1. The van der Waals surface area contributed by atoms with Crippen LogP contribution < -0.4 is 24.3 Å². The molecule has 0 heterocycles. The molecule has 0 saturated heterocycles. The third-order valence-corrected chi connectivity index (χ3v) is 3.65. The highest BCUT2D eigenvalue weighted by atomic mass is 16.5. The fourth-order valence-corrected chi connectivity index (χ4v) is 2.34. The van der Waals surface area contributed by atoms with E-state index >= 15 is 0 Å². The van der Waals surface area contributed by atoms with Crippen LogP contribution in [-0.2, 0) is 9.53 Å². The average Bonchev–Trinajstić information content (AvgIpc) is 2.71. The Morgan fingerprint density at radius 1 is 0.852 bits per heavy atom. The summed E-state index contributed by atoms with van der Waals surface area (Å²) >= 11 is 0. The highest BCUT2D eigenvalue weighted by Gasteiger charge is 2.21. The summed E-state index contributed by atoms with van der Waals surface area (Å²) in [6, 6.07) is 9.80. The van der Waals surface area contributed by atoms with Crippen LogP contribution in [0.1, 0.15) is 10.4 Å². The van der Waals surface area contributed by atoms with Crippen molar-refractivity contribution in [3.8, 4) is 23.0 Å². The normalized spacial score (nSPS) is 9.93. The van der Waals surface area contributed by atoms with E-state index < -0.39 is 18.5 Å². The van der Waals surface area contributed by atoms with Crippen molar-refractivity contribution in [1.82, 2.24) is 0 Å². The Morgan fingerprint density at radius 3 is 2.04 bits per heavy atom. The van der Waals surface area contributed by atoms with Crippen LogP contribution in [0.2, 0.25) is 0 Å². The van der Waals surface area contributed by atoms with Gasteiger partial charge < -0.3 is 29.0 Å². The Bertz CT molecular complexity index is 797. The molecule has 144 valence electrons. The number of nitrogens with one attached hydrogen (secondary N) is 1. The summed E-state index contributed by atoms with van der Waals surface area (Å²) in [5.41, 5.74) is 0.534. The van der Waals surface area contributed by atoms with Crippen LogP contribution in [0.3, 0.4) is 0 Å². The van der Waals surface area contributed by atoms with Crippen molar-refractivity contribution < 1.29 is 33.3 Å². The van der Waals surface area contributed by atoms with Crippen molar-refractivity contribution in [2.75, 3.05) is 40.4 Å². The molecule has 0 aliphatic rings. The Kier molecular flexibility index (Phi) is 6.87. The first kappa shape index (κ1) is 19.9. The summed E-state index contributed by atoms with van der Waals surface area (Å²) in [4.78, 5) is 24.5. The number of carbonyl (C=O) groups excluding carboxylic acids is 2. The minimum absolute atomic E-state index is 0.109. The molecule has 0 fully saturated rings. The maximum Gasteiger partial charge on any atom is 0.346 e.